The lowest BCUT2D eigenvalue weighted by Crippen LogP contribution is -2.28. The third-order valence-electron chi connectivity index (χ3n) is 2.67. The summed E-state index contributed by atoms with van der Waals surface area (Å²) < 4.78 is 22.5. The van der Waals surface area contributed by atoms with E-state index in [1.54, 1.807) is 0 Å². The summed E-state index contributed by atoms with van der Waals surface area (Å²) in [6.07, 6.45) is 5.11. The van der Waals surface area contributed by atoms with Crippen LogP contribution in [0.5, 0.6) is 0 Å². The molecule has 13 heavy (non-hydrogen) atoms. The lowest BCUT2D eigenvalue weighted by Gasteiger charge is -2.11. The van der Waals surface area contributed by atoms with Crippen LogP contribution in [0.25, 0.3) is 0 Å². The van der Waals surface area contributed by atoms with E-state index < -0.39 is 9.84 Å². The monoisotopic (exact) mass is 205 g/mol. The van der Waals surface area contributed by atoms with Crippen LogP contribution in [-0.4, -0.2) is 32.5 Å². The van der Waals surface area contributed by atoms with E-state index in [9.17, 15) is 8.42 Å². The number of rotatable bonds is 4. The lowest BCUT2D eigenvalue weighted by molar-refractivity contribution is 0.521. The molecule has 1 aliphatic rings. The van der Waals surface area contributed by atoms with Crippen molar-refractivity contribution >= 4 is 9.84 Å². The van der Waals surface area contributed by atoms with Gasteiger partial charge in [-0.2, -0.15) is 0 Å². The summed E-state index contributed by atoms with van der Waals surface area (Å²) in [5, 5.41) is 3.27. The Balaban J connectivity index is 2.37. The highest BCUT2D eigenvalue weighted by molar-refractivity contribution is 7.91. The smallest absolute Gasteiger partial charge is 0.150 e. The molecule has 0 spiro atoms. The highest BCUT2D eigenvalue weighted by atomic mass is 32.2. The van der Waals surface area contributed by atoms with E-state index >= 15 is 0 Å². The summed E-state index contributed by atoms with van der Waals surface area (Å²) in [5.74, 6) is 0. The molecule has 0 aromatic carbocycles. The average molecular weight is 205 g/mol. The van der Waals surface area contributed by atoms with Crippen LogP contribution in [0, 0.1) is 0 Å². The minimum absolute atomic E-state index is 0.0955. The topological polar surface area (TPSA) is 46.2 Å². The van der Waals surface area contributed by atoms with Crippen LogP contribution in [0.1, 0.15) is 32.6 Å². The number of hydrogen-bond acceptors (Lipinski definition) is 3. The van der Waals surface area contributed by atoms with Gasteiger partial charge in [0.25, 0.3) is 0 Å². The van der Waals surface area contributed by atoms with E-state index in [-0.39, 0.29) is 5.25 Å². The molecule has 0 saturated heterocycles. The zero-order chi connectivity index (χ0) is 9.90. The molecule has 1 fully saturated rings. The Morgan fingerprint density at radius 2 is 2.08 bits per heavy atom. The standard InChI is InChI=1S/C9H19NO2S/c1-3-6-10-8-4-5-9(7-8)13(2,11)12/h8-10H,3-7H2,1-2H3. The Labute approximate surface area is 80.8 Å². The van der Waals surface area contributed by atoms with Crippen LogP contribution in [-0.2, 0) is 9.84 Å². The summed E-state index contributed by atoms with van der Waals surface area (Å²) in [4.78, 5) is 0. The molecule has 0 aromatic rings. The second-order valence-corrected chi connectivity index (χ2v) is 6.24. The van der Waals surface area contributed by atoms with Gasteiger partial charge in [-0.3, -0.25) is 0 Å². The molecule has 2 atom stereocenters. The van der Waals surface area contributed by atoms with Gasteiger partial charge in [0.2, 0.25) is 0 Å². The van der Waals surface area contributed by atoms with Crippen LogP contribution in [0.3, 0.4) is 0 Å². The Bertz CT molecular complexity index is 248. The van der Waals surface area contributed by atoms with Crippen LogP contribution in [0.2, 0.25) is 0 Å². The van der Waals surface area contributed by atoms with Gasteiger partial charge in [0.15, 0.2) is 0 Å². The van der Waals surface area contributed by atoms with E-state index in [4.69, 9.17) is 0 Å². The van der Waals surface area contributed by atoms with Gasteiger partial charge >= 0.3 is 0 Å². The largest absolute Gasteiger partial charge is 0.314 e. The zero-order valence-electron chi connectivity index (χ0n) is 8.41. The molecule has 2 unspecified atom stereocenters. The predicted octanol–water partition coefficient (Wildman–Crippen LogP) is 0.952. The van der Waals surface area contributed by atoms with Crippen molar-refractivity contribution in [2.75, 3.05) is 12.8 Å². The third-order valence-corrected chi connectivity index (χ3v) is 4.31. The maximum atomic E-state index is 11.2. The fourth-order valence-electron chi connectivity index (χ4n) is 1.86. The first kappa shape index (κ1) is 11.0. The summed E-state index contributed by atoms with van der Waals surface area (Å²) in [7, 11) is -2.80. The molecule has 0 amide bonds. The van der Waals surface area contributed by atoms with Gasteiger partial charge in [-0.05, 0) is 32.2 Å². The average Bonchev–Trinajstić information content (AvgIpc) is 2.47. The molecule has 0 heterocycles. The van der Waals surface area contributed by atoms with Gasteiger partial charge in [0.05, 0.1) is 5.25 Å². The summed E-state index contributed by atoms with van der Waals surface area (Å²) in [5.41, 5.74) is 0. The maximum Gasteiger partial charge on any atom is 0.150 e. The van der Waals surface area contributed by atoms with Crippen LogP contribution in [0.15, 0.2) is 0 Å². The van der Waals surface area contributed by atoms with Gasteiger partial charge in [-0.25, -0.2) is 8.42 Å². The molecule has 1 saturated carbocycles. The highest BCUT2D eigenvalue weighted by Gasteiger charge is 2.30. The van der Waals surface area contributed by atoms with Crippen LogP contribution >= 0.6 is 0 Å². The summed E-state index contributed by atoms with van der Waals surface area (Å²) in [6.45, 7) is 3.12. The van der Waals surface area contributed by atoms with Crippen molar-refractivity contribution in [1.82, 2.24) is 5.32 Å². The van der Waals surface area contributed by atoms with Gasteiger partial charge in [0, 0.05) is 12.3 Å². The van der Waals surface area contributed by atoms with Crippen molar-refractivity contribution in [3.8, 4) is 0 Å². The van der Waals surface area contributed by atoms with E-state index in [1.165, 1.54) is 6.26 Å². The SMILES string of the molecule is CCCNC1CCC(S(C)(=O)=O)C1. The highest BCUT2D eigenvalue weighted by Crippen LogP contribution is 2.24. The molecule has 1 rings (SSSR count). The second kappa shape index (κ2) is 4.42. The first-order chi connectivity index (χ1) is 6.04. The lowest BCUT2D eigenvalue weighted by atomic mass is 10.2. The molecular formula is C9H19NO2S. The van der Waals surface area contributed by atoms with Crippen molar-refractivity contribution in [2.24, 2.45) is 0 Å². The number of sulfone groups is 1. The van der Waals surface area contributed by atoms with Crippen molar-refractivity contribution in [1.29, 1.82) is 0 Å². The van der Waals surface area contributed by atoms with Crippen LogP contribution < -0.4 is 5.32 Å². The fourth-order valence-corrected chi connectivity index (χ4v) is 3.01. The molecule has 4 heteroatoms. The quantitative estimate of drug-likeness (QED) is 0.743. The van der Waals surface area contributed by atoms with E-state index in [0.717, 1.165) is 32.2 Å². The Morgan fingerprint density at radius 3 is 2.54 bits per heavy atom. The minimum atomic E-state index is -2.80. The number of nitrogens with one attached hydrogen (secondary N) is 1. The molecule has 1 aliphatic carbocycles. The molecule has 0 aromatic heterocycles. The summed E-state index contributed by atoms with van der Waals surface area (Å²) >= 11 is 0. The Morgan fingerprint density at radius 1 is 1.38 bits per heavy atom. The van der Waals surface area contributed by atoms with E-state index in [1.807, 2.05) is 0 Å². The van der Waals surface area contributed by atoms with Gasteiger partial charge in [0.1, 0.15) is 9.84 Å². The fraction of sp³-hybridized carbons (Fsp3) is 1.00. The first-order valence-electron chi connectivity index (χ1n) is 4.96. The van der Waals surface area contributed by atoms with Gasteiger partial charge in [-0.1, -0.05) is 6.92 Å². The van der Waals surface area contributed by atoms with Crippen molar-refractivity contribution in [3.05, 3.63) is 0 Å². The second-order valence-electron chi connectivity index (χ2n) is 3.92. The maximum absolute atomic E-state index is 11.2. The van der Waals surface area contributed by atoms with E-state index in [2.05, 4.69) is 12.2 Å². The molecule has 0 aliphatic heterocycles. The third kappa shape index (κ3) is 3.27. The Hall–Kier alpha value is -0.0900. The molecule has 3 nitrogen and oxygen atoms in total. The molecular weight excluding hydrogens is 186 g/mol. The van der Waals surface area contributed by atoms with Gasteiger partial charge < -0.3 is 5.32 Å². The molecule has 0 radical (unpaired) electrons. The minimum Gasteiger partial charge on any atom is -0.314 e. The van der Waals surface area contributed by atoms with Crippen molar-refractivity contribution in [2.45, 2.75) is 43.9 Å². The van der Waals surface area contributed by atoms with Crippen molar-refractivity contribution < 1.29 is 8.42 Å². The Kier molecular flexibility index (Phi) is 3.74. The van der Waals surface area contributed by atoms with Crippen LogP contribution in [0.4, 0.5) is 0 Å². The van der Waals surface area contributed by atoms with E-state index in [0.29, 0.717) is 6.04 Å². The van der Waals surface area contributed by atoms with Gasteiger partial charge in [-0.15, -0.1) is 0 Å². The molecule has 1 N–H and O–H groups in total. The predicted molar refractivity (Wildman–Crippen MR) is 54.6 cm³/mol. The molecule has 0 bridgehead atoms. The molecule has 78 valence electrons. The first-order valence-corrected chi connectivity index (χ1v) is 6.91. The number of hydrogen-bond donors (Lipinski definition) is 1. The van der Waals surface area contributed by atoms with Crippen molar-refractivity contribution in [3.63, 3.8) is 0 Å². The summed E-state index contributed by atoms with van der Waals surface area (Å²) in [6, 6.07) is 0.430. The normalized spacial score (nSPS) is 29.4. The zero-order valence-corrected chi connectivity index (χ0v) is 9.23.